The van der Waals surface area contributed by atoms with Crippen LogP contribution in [0.3, 0.4) is 0 Å². The van der Waals surface area contributed by atoms with E-state index in [9.17, 15) is 9.18 Å². The summed E-state index contributed by atoms with van der Waals surface area (Å²) in [6, 6.07) is 4.36. The van der Waals surface area contributed by atoms with Crippen molar-refractivity contribution in [2.24, 2.45) is 0 Å². The quantitative estimate of drug-likeness (QED) is 0.894. The average Bonchev–Trinajstić information content (AvgIpc) is 2.32. The summed E-state index contributed by atoms with van der Waals surface area (Å²) >= 11 is 5.86. The molecule has 1 fully saturated rings. The van der Waals surface area contributed by atoms with Gasteiger partial charge in [0.05, 0.1) is 10.6 Å². The van der Waals surface area contributed by atoms with Gasteiger partial charge in [-0.3, -0.25) is 4.79 Å². The summed E-state index contributed by atoms with van der Waals surface area (Å²) in [5.74, 6) is -0.999. The lowest BCUT2D eigenvalue weighted by Gasteiger charge is -2.29. The van der Waals surface area contributed by atoms with Crippen LogP contribution in [0.5, 0.6) is 0 Å². The number of piperidine rings is 1. The molecule has 1 aliphatic rings. The van der Waals surface area contributed by atoms with E-state index in [-0.39, 0.29) is 16.6 Å². The fourth-order valence-corrected chi connectivity index (χ4v) is 2.37. The van der Waals surface area contributed by atoms with Gasteiger partial charge in [0.25, 0.3) is 5.91 Å². The summed E-state index contributed by atoms with van der Waals surface area (Å²) in [6.07, 6.45) is 1.77. The van der Waals surface area contributed by atoms with Gasteiger partial charge in [-0.05, 0) is 45.1 Å². The van der Waals surface area contributed by atoms with E-state index >= 15 is 0 Å². The van der Waals surface area contributed by atoms with Gasteiger partial charge in [-0.1, -0.05) is 17.7 Å². The SMILES string of the molecule is CN1CCC(NC(=O)c2c(F)cccc2Cl)CC1. The normalized spacial score (nSPS) is 17.7. The Hall–Kier alpha value is -1.13. The summed E-state index contributed by atoms with van der Waals surface area (Å²) in [7, 11) is 2.05. The third-order valence-corrected chi connectivity index (χ3v) is 3.56. The molecule has 98 valence electrons. The van der Waals surface area contributed by atoms with E-state index in [0.29, 0.717) is 0 Å². The third kappa shape index (κ3) is 3.00. The van der Waals surface area contributed by atoms with Crippen molar-refractivity contribution in [2.75, 3.05) is 20.1 Å². The predicted octanol–water partition coefficient (Wildman–Crippen LogP) is 2.30. The molecule has 0 atom stereocenters. The molecular formula is C13H16ClFN2O. The van der Waals surface area contributed by atoms with Crippen LogP contribution in [0.25, 0.3) is 0 Å². The van der Waals surface area contributed by atoms with Crippen molar-refractivity contribution in [3.8, 4) is 0 Å². The highest BCUT2D eigenvalue weighted by molar-refractivity contribution is 6.33. The van der Waals surface area contributed by atoms with Crippen molar-refractivity contribution in [2.45, 2.75) is 18.9 Å². The van der Waals surface area contributed by atoms with Crippen molar-refractivity contribution in [1.29, 1.82) is 0 Å². The second-order valence-electron chi connectivity index (χ2n) is 4.65. The first-order chi connectivity index (χ1) is 8.58. The minimum Gasteiger partial charge on any atom is -0.349 e. The van der Waals surface area contributed by atoms with Crippen LogP contribution in [0.15, 0.2) is 18.2 Å². The predicted molar refractivity (Wildman–Crippen MR) is 69.4 cm³/mol. The molecule has 0 unspecified atom stereocenters. The number of carbonyl (C=O) groups excluding carboxylic acids is 1. The standard InChI is InChI=1S/C13H16ClFN2O/c1-17-7-5-9(6-8-17)16-13(18)12-10(14)3-2-4-11(12)15/h2-4,9H,5-8H2,1H3,(H,16,18). The molecule has 1 aliphatic heterocycles. The van der Waals surface area contributed by atoms with E-state index in [1.54, 1.807) is 0 Å². The Bertz CT molecular complexity index is 424. The molecule has 1 N–H and O–H groups in total. The summed E-state index contributed by atoms with van der Waals surface area (Å²) in [4.78, 5) is 14.2. The molecule has 1 aromatic rings. The van der Waals surface area contributed by atoms with Crippen LogP contribution in [0.2, 0.25) is 5.02 Å². The van der Waals surface area contributed by atoms with Crippen LogP contribution in [0.1, 0.15) is 23.2 Å². The average molecular weight is 271 g/mol. The number of benzene rings is 1. The van der Waals surface area contributed by atoms with E-state index in [0.717, 1.165) is 25.9 Å². The molecule has 0 saturated carbocycles. The molecule has 0 aliphatic carbocycles. The number of rotatable bonds is 2. The number of nitrogens with zero attached hydrogens (tertiary/aromatic N) is 1. The molecule has 0 radical (unpaired) electrons. The highest BCUT2D eigenvalue weighted by Gasteiger charge is 2.22. The zero-order valence-corrected chi connectivity index (χ0v) is 11.0. The fraction of sp³-hybridized carbons (Fsp3) is 0.462. The van der Waals surface area contributed by atoms with Gasteiger partial charge >= 0.3 is 0 Å². The summed E-state index contributed by atoms with van der Waals surface area (Å²) in [5.41, 5.74) is -0.0573. The van der Waals surface area contributed by atoms with E-state index < -0.39 is 11.7 Å². The lowest BCUT2D eigenvalue weighted by Crippen LogP contribution is -2.43. The number of nitrogens with one attached hydrogen (secondary N) is 1. The molecule has 1 saturated heterocycles. The number of carbonyl (C=O) groups is 1. The minimum absolute atomic E-state index is 0.0573. The monoisotopic (exact) mass is 270 g/mol. The maximum atomic E-state index is 13.6. The topological polar surface area (TPSA) is 32.3 Å². The van der Waals surface area contributed by atoms with Crippen LogP contribution < -0.4 is 5.32 Å². The molecule has 1 aromatic carbocycles. The Morgan fingerprint density at radius 1 is 1.44 bits per heavy atom. The van der Waals surface area contributed by atoms with Crippen LogP contribution >= 0.6 is 11.6 Å². The zero-order chi connectivity index (χ0) is 13.1. The Morgan fingerprint density at radius 2 is 2.11 bits per heavy atom. The Labute approximate surface area is 111 Å². The van der Waals surface area contributed by atoms with Gasteiger partial charge in [0.15, 0.2) is 0 Å². The molecule has 1 heterocycles. The first kappa shape index (κ1) is 13.3. The number of amides is 1. The summed E-state index contributed by atoms with van der Waals surface area (Å²) in [6.45, 7) is 1.88. The lowest BCUT2D eigenvalue weighted by molar-refractivity contribution is 0.0913. The number of halogens is 2. The summed E-state index contributed by atoms with van der Waals surface area (Å²) in [5, 5.41) is 3.00. The Balaban J connectivity index is 2.04. The van der Waals surface area contributed by atoms with Crippen molar-refractivity contribution in [3.05, 3.63) is 34.6 Å². The smallest absolute Gasteiger partial charge is 0.255 e. The second kappa shape index (κ2) is 5.67. The molecule has 3 nitrogen and oxygen atoms in total. The summed E-state index contributed by atoms with van der Waals surface area (Å²) < 4.78 is 13.6. The molecule has 2 rings (SSSR count). The van der Waals surface area contributed by atoms with E-state index in [4.69, 9.17) is 11.6 Å². The van der Waals surface area contributed by atoms with Crippen molar-refractivity contribution >= 4 is 17.5 Å². The van der Waals surface area contributed by atoms with E-state index in [1.807, 2.05) is 7.05 Å². The van der Waals surface area contributed by atoms with Crippen LogP contribution in [-0.4, -0.2) is 37.0 Å². The molecule has 0 aromatic heterocycles. The Morgan fingerprint density at radius 3 is 2.72 bits per heavy atom. The van der Waals surface area contributed by atoms with Crippen LogP contribution in [-0.2, 0) is 0 Å². The number of likely N-dealkylation sites (tertiary alicyclic amines) is 1. The minimum atomic E-state index is -0.576. The van der Waals surface area contributed by atoms with Gasteiger partial charge < -0.3 is 10.2 Å². The van der Waals surface area contributed by atoms with Crippen molar-refractivity contribution in [3.63, 3.8) is 0 Å². The lowest BCUT2D eigenvalue weighted by atomic mass is 10.0. The van der Waals surface area contributed by atoms with Gasteiger partial charge in [0, 0.05) is 6.04 Å². The van der Waals surface area contributed by atoms with Crippen molar-refractivity contribution < 1.29 is 9.18 Å². The second-order valence-corrected chi connectivity index (χ2v) is 5.05. The molecule has 5 heteroatoms. The number of hydrogen-bond donors (Lipinski definition) is 1. The van der Waals surface area contributed by atoms with Gasteiger partial charge in [-0.15, -0.1) is 0 Å². The molecule has 0 spiro atoms. The van der Waals surface area contributed by atoms with Gasteiger partial charge in [-0.25, -0.2) is 4.39 Å². The molecular weight excluding hydrogens is 255 g/mol. The highest BCUT2D eigenvalue weighted by Crippen LogP contribution is 2.19. The maximum absolute atomic E-state index is 13.6. The molecule has 0 bridgehead atoms. The van der Waals surface area contributed by atoms with E-state index in [2.05, 4.69) is 10.2 Å². The molecule has 1 amide bonds. The number of hydrogen-bond acceptors (Lipinski definition) is 2. The zero-order valence-electron chi connectivity index (χ0n) is 10.2. The van der Waals surface area contributed by atoms with Crippen molar-refractivity contribution in [1.82, 2.24) is 10.2 Å². The highest BCUT2D eigenvalue weighted by atomic mass is 35.5. The molecule has 18 heavy (non-hydrogen) atoms. The Kier molecular flexibility index (Phi) is 4.19. The van der Waals surface area contributed by atoms with Crippen LogP contribution in [0, 0.1) is 5.82 Å². The first-order valence-corrected chi connectivity index (χ1v) is 6.39. The third-order valence-electron chi connectivity index (χ3n) is 3.24. The van der Waals surface area contributed by atoms with Gasteiger partial charge in [0.2, 0.25) is 0 Å². The van der Waals surface area contributed by atoms with E-state index in [1.165, 1.54) is 18.2 Å². The first-order valence-electron chi connectivity index (χ1n) is 6.01. The van der Waals surface area contributed by atoms with Crippen LogP contribution in [0.4, 0.5) is 4.39 Å². The maximum Gasteiger partial charge on any atom is 0.255 e. The van der Waals surface area contributed by atoms with Gasteiger partial charge in [-0.2, -0.15) is 0 Å². The van der Waals surface area contributed by atoms with Gasteiger partial charge in [0.1, 0.15) is 5.82 Å². The largest absolute Gasteiger partial charge is 0.349 e. The fourth-order valence-electron chi connectivity index (χ4n) is 2.13.